The van der Waals surface area contributed by atoms with Crippen LogP contribution in [0, 0.1) is 29.6 Å². The van der Waals surface area contributed by atoms with Crippen molar-refractivity contribution in [2.45, 2.75) is 148 Å². The van der Waals surface area contributed by atoms with E-state index in [9.17, 15) is 38.4 Å². The second-order valence-electron chi connectivity index (χ2n) is 21.1. The van der Waals surface area contributed by atoms with E-state index in [-0.39, 0.29) is 72.7 Å². The van der Waals surface area contributed by atoms with Crippen LogP contribution in [0.5, 0.6) is 0 Å². The Morgan fingerprint density at radius 3 is 2.16 bits per heavy atom. The zero-order valence-electron chi connectivity index (χ0n) is 44.6. The Bertz CT molecular complexity index is 2290. The topological polar surface area (TPSA) is 225 Å². The van der Waals surface area contributed by atoms with Crippen molar-refractivity contribution in [3.63, 3.8) is 0 Å². The largest absolute Gasteiger partial charge is 0.379 e. The summed E-state index contributed by atoms with van der Waals surface area (Å²) in [4.78, 5) is 111. The van der Waals surface area contributed by atoms with Crippen molar-refractivity contribution in [3.8, 4) is 0 Å². The maximum atomic E-state index is 14.5. The number of rotatable bonds is 28. The van der Waals surface area contributed by atoms with Gasteiger partial charge in [-0.15, -0.1) is 0 Å². The molecule has 3 aliphatic heterocycles. The van der Waals surface area contributed by atoms with Crippen LogP contribution >= 0.6 is 0 Å². The third-order valence-corrected chi connectivity index (χ3v) is 15.6. The number of benzene rings is 2. The molecule has 1 aliphatic carbocycles. The molecule has 0 spiro atoms. The van der Waals surface area contributed by atoms with Gasteiger partial charge in [-0.3, -0.25) is 43.3 Å². The quantitative estimate of drug-likeness (QED) is 0.0602. The first-order chi connectivity index (χ1) is 35.4. The molecule has 18 heteroatoms. The fraction of sp³-hybridized carbons (Fsp3) is 0.607. The van der Waals surface area contributed by atoms with Gasteiger partial charge in [-0.2, -0.15) is 0 Å². The Kier molecular flexibility index (Phi) is 20.9. The summed E-state index contributed by atoms with van der Waals surface area (Å²) in [6.07, 6.45) is 6.60. The number of anilines is 1. The first-order valence-corrected chi connectivity index (χ1v) is 26.7. The van der Waals surface area contributed by atoms with Crippen molar-refractivity contribution >= 4 is 52.9 Å². The summed E-state index contributed by atoms with van der Waals surface area (Å²) in [5.74, 6) is -2.31. The lowest BCUT2D eigenvalue weighted by molar-refractivity contribution is -0.147. The van der Waals surface area contributed by atoms with Crippen molar-refractivity contribution in [1.82, 2.24) is 36.0 Å². The molecule has 3 heterocycles. The number of fused-ring (bicyclic) bond motifs is 1. The first-order valence-electron chi connectivity index (χ1n) is 26.7. The van der Waals surface area contributed by atoms with Crippen LogP contribution in [0.25, 0.3) is 0 Å². The van der Waals surface area contributed by atoms with E-state index in [0.717, 1.165) is 24.1 Å². The van der Waals surface area contributed by atoms with Gasteiger partial charge in [-0.25, -0.2) is 0 Å². The van der Waals surface area contributed by atoms with Gasteiger partial charge < -0.3 is 45.9 Å². The highest BCUT2D eigenvalue weighted by Gasteiger charge is 2.52. The molecule has 2 saturated heterocycles. The van der Waals surface area contributed by atoms with Crippen LogP contribution in [0.1, 0.15) is 104 Å². The van der Waals surface area contributed by atoms with Crippen LogP contribution in [-0.4, -0.2) is 145 Å². The summed E-state index contributed by atoms with van der Waals surface area (Å²) >= 11 is 0. The molecule has 6 rings (SSSR count). The predicted molar refractivity (Wildman–Crippen MR) is 280 cm³/mol. The minimum atomic E-state index is -0.966. The molecule has 8 amide bonds. The average Bonchev–Trinajstić information content (AvgIpc) is 3.62. The summed E-state index contributed by atoms with van der Waals surface area (Å²) in [6.45, 7) is 11.5. The van der Waals surface area contributed by atoms with E-state index in [2.05, 4.69) is 26.6 Å². The number of hydrogen-bond acceptors (Lipinski definition) is 11. The second-order valence-corrected chi connectivity index (χ2v) is 21.1. The van der Waals surface area contributed by atoms with Gasteiger partial charge in [0.15, 0.2) is 0 Å². The first kappa shape index (κ1) is 57.3. The summed E-state index contributed by atoms with van der Waals surface area (Å²) in [7, 11) is 4.81. The van der Waals surface area contributed by atoms with Crippen LogP contribution in [0.3, 0.4) is 0 Å². The number of nitrogens with zero attached hydrogens (tertiary/aromatic N) is 3. The monoisotopic (exact) mass is 1020 g/mol. The lowest BCUT2D eigenvalue weighted by Gasteiger charge is -2.41. The fourth-order valence-corrected chi connectivity index (χ4v) is 10.9. The van der Waals surface area contributed by atoms with Gasteiger partial charge in [0.1, 0.15) is 12.1 Å². The van der Waals surface area contributed by atoms with Gasteiger partial charge in [-0.05, 0) is 85.6 Å². The van der Waals surface area contributed by atoms with Crippen molar-refractivity contribution in [3.05, 3.63) is 77.9 Å². The maximum absolute atomic E-state index is 14.5. The average molecular weight is 1030 g/mol. The van der Waals surface area contributed by atoms with Crippen LogP contribution in [-0.2, 0) is 60.8 Å². The van der Waals surface area contributed by atoms with Gasteiger partial charge in [0.2, 0.25) is 35.4 Å². The highest BCUT2D eigenvalue weighted by atomic mass is 16.5. The number of piperidine rings is 1. The van der Waals surface area contributed by atoms with Crippen LogP contribution < -0.4 is 26.6 Å². The second kappa shape index (κ2) is 27.0. The highest BCUT2D eigenvalue weighted by molar-refractivity contribution is 6.12. The smallest absolute Gasteiger partial charge is 0.253 e. The number of hydrogen-bond donors (Lipinski definition) is 5. The molecule has 11 atom stereocenters. The van der Waals surface area contributed by atoms with Crippen molar-refractivity contribution in [1.29, 1.82) is 0 Å². The molecular weight excluding hydrogens is 945 g/mol. The summed E-state index contributed by atoms with van der Waals surface area (Å²) in [5, 5.41) is 15.2. The fourth-order valence-electron chi connectivity index (χ4n) is 10.9. The molecule has 4 aliphatic rings. The highest BCUT2D eigenvalue weighted by Crippen LogP contribution is 2.45. The van der Waals surface area contributed by atoms with Crippen LogP contribution in [0.4, 0.5) is 5.69 Å². The van der Waals surface area contributed by atoms with E-state index in [0.29, 0.717) is 75.6 Å². The molecule has 0 aromatic heterocycles. The molecule has 404 valence electrons. The third kappa shape index (κ3) is 14.9. The Morgan fingerprint density at radius 1 is 0.851 bits per heavy atom. The zero-order chi connectivity index (χ0) is 53.6. The number of unbranched alkanes of at least 4 members (excludes halogenated alkanes) is 2. The zero-order valence-corrected chi connectivity index (χ0v) is 44.6. The van der Waals surface area contributed by atoms with Crippen molar-refractivity contribution in [2.75, 3.05) is 46.2 Å². The van der Waals surface area contributed by atoms with Gasteiger partial charge in [0.25, 0.3) is 11.8 Å². The Hall–Kier alpha value is -5.98. The van der Waals surface area contributed by atoms with Gasteiger partial charge >= 0.3 is 0 Å². The Balaban J connectivity index is 1.04. The van der Waals surface area contributed by atoms with E-state index in [1.807, 2.05) is 58.0 Å². The molecular formula is C56H80N8O10. The van der Waals surface area contributed by atoms with E-state index < -0.39 is 54.1 Å². The molecule has 1 saturated carbocycles. The Morgan fingerprint density at radius 2 is 1.55 bits per heavy atom. The normalized spacial score (nSPS) is 21.8. The lowest BCUT2D eigenvalue weighted by atomic mass is 9.89. The maximum Gasteiger partial charge on any atom is 0.253 e. The number of likely N-dealkylation sites (N-methyl/N-ethyl adjacent to an activating group) is 1. The standard InChI is InChI=1S/C56H80N8O10/c1-9-35(4)51(62(6)56(72)49(34(2)3)61-55(71)50-41-30-39(41)33-58-50)44(73-7)31-48(68)63-28-16-19-43(63)52(74-8)36(5)53(69)60-42(29-37-17-12-10-13-18-37)54(70)59-40-23-21-38(22-24-40)32-57-45(65)20-14-11-15-27-64-46(66)25-26-47(64)67/h10,12-13,17-18,21-26,34-36,39,41-44,49-52,58H,9,11,14-16,19-20,27-33H2,1-8H3,(H,57,65)(H,59,70)(H,60,69)(H,61,71)/t35?,36?,39?,41?,42?,43-,44?,49?,50-,51?,52?/m0/s1. The number of carbonyl (C=O) groups is 8. The number of amides is 8. The number of nitrogens with one attached hydrogen (secondary N) is 5. The number of ether oxygens (including phenoxy) is 2. The third-order valence-electron chi connectivity index (χ3n) is 15.6. The molecule has 74 heavy (non-hydrogen) atoms. The Labute approximate surface area is 436 Å². The summed E-state index contributed by atoms with van der Waals surface area (Å²) in [6, 6.07) is 13.5. The van der Waals surface area contributed by atoms with Crippen molar-refractivity contribution in [2.24, 2.45) is 29.6 Å². The van der Waals surface area contributed by atoms with Gasteiger partial charge in [-0.1, -0.05) is 89.9 Å². The molecule has 3 fully saturated rings. The minimum absolute atomic E-state index is 0.0198. The number of imide groups is 1. The van der Waals surface area contributed by atoms with E-state index in [4.69, 9.17) is 9.47 Å². The SMILES string of the molecule is CCC(C)C(C(CC(=O)N1CCC[C@H]1C(OC)C(C)C(=O)NC(Cc1ccccc1)C(=O)Nc1ccc(CNC(=O)CCCCCN2C(=O)C=CC2=O)cc1)OC)N(C)C(=O)C(NC(=O)[C@H]1NCC2CC21)C(C)C. The van der Waals surface area contributed by atoms with E-state index in [1.54, 1.807) is 55.1 Å². The molecule has 9 unspecified atom stereocenters. The van der Waals surface area contributed by atoms with Crippen LogP contribution in [0.15, 0.2) is 66.7 Å². The summed E-state index contributed by atoms with van der Waals surface area (Å²) < 4.78 is 12.1. The number of likely N-dealkylation sites (tertiary alicyclic amines) is 1. The predicted octanol–water partition coefficient (Wildman–Crippen LogP) is 4.12. The van der Waals surface area contributed by atoms with E-state index >= 15 is 0 Å². The van der Waals surface area contributed by atoms with Gasteiger partial charge in [0.05, 0.1) is 42.7 Å². The molecule has 5 N–H and O–H groups in total. The van der Waals surface area contributed by atoms with Crippen molar-refractivity contribution < 1.29 is 47.8 Å². The molecule has 2 aromatic carbocycles. The lowest BCUT2D eigenvalue weighted by Crippen LogP contribution is -2.59. The van der Waals surface area contributed by atoms with E-state index in [1.165, 1.54) is 24.2 Å². The minimum Gasteiger partial charge on any atom is -0.379 e. The van der Waals surface area contributed by atoms with Gasteiger partial charge in [0, 0.05) is 71.6 Å². The number of methoxy groups -OCH3 is 2. The van der Waals surface area contributed by atoms with Crippen LogP contribution in [0.2, 0.25) is 0 Å². The summed E-state index contributed by atoms with van der Waals surface area (Å²) in [5.41, 5.74) is 2.17. The molecule has 0 bridgehead atoms. The molecule has 18 nitrogen and oxygen atoms in total. The molecule has 0 radical (unpaired) electrons. The molecule has 2 aromatic rings. The number of carbonyl (C=O) groups excluding carboxylic acids is 8.